The minimum atomic E-state index is -4.95. The van der Waals surface area contributed by atoms with Gasteiger partial charge >= 0.3 is 12.1 Å². The molecule has 2 aromatic heterocycles. The number of rotatable bonds is 4. The highest BCUT2D eigenvalue weighted by atomic mass is 35.5. The molecule has 9 heteroatoms. The molecule has 0 atom stereocenters. The maximum atomic E-state index is 12.4. The van der Waals surface area contributed by atoms with E-state index in [1.54, 1.807) is 49.7 Å². The van der Waals surface area contributed by atoms with E-state index in [0.29, 0.717) is 28.2 Å². The molecule has 0 aliphatic heterocycles. The SMILES string of the molecule is Cc1c(Cl)nc(-c2cccnc2)nc1/C=C/c1cccc(NC(=O)C(F)(F)F)c1. The fourth-order valence-corrected chi connectivity index (χ4v) is 2.57. The average molecular weight is 419 g/mol. The van der Waals surface area contributed by atoms with Gasteiger partial charge in [-0.15, -0.1) is 0 Å². The van der Waals surface area contributed by atoms with Crippen LogP contribution in [0.2, 0.25) is 5.15 Å². The summed E-state index contributed by atoms with van der Waals surface area (Å²) in [5.74, 6) is -1.63. The van der Waals surface area contributed by atoms with Crippen LogP contribution in [0, 0.1) is 6.92 Å². The van der Waals surface area contributed by atoms with E-state index in [0.717, 1.165) is 0 Å². The topological polar surface area (TPSA) is 67.8 Å². The predicted octanol–water partition coefficient (Wildman–Crippen LogP) is 5.17. The molecule has 1 aromatic carbocycles. The number of aromatic nitrogens is 3. The molecule has 148 valence electrons. The molecule has 0 radical (unpaired) electrons. The van der Waals surface area contributed by atoms with Crippen molar-refractivity contribution in [2.75, 3.05) is 5.32 Å². The molecule has 0 saturated carbocycles. The number of halogens is 4. The number of hydrogen-bond acceptors (Lipinski definition) is 4. The first-order chi connectivity index (χ1) is 13.7. The maximum Gasteiger partial charge on any atom is 0.471 e. The minimum Gasteiger partial charge on any atom is -0.318 e. The number of carbonyl (C=O) groups excluding carboxylic acids is 1. The van der Waals surface area contributed by atoms with E-state index < -0.39 is 12.1 Å². The second-order valence-corrected chi connectivity index (χ2v) is 6.36. The van der Waals surface area contributed by atoms with Crippen LogP contribution >= 0.6 is 11.6 Å². The molecule has 0 saturated heterocycles. The molecule has 1 amide bonds. The average Bonchev–Trinajstić information content (AvgIpc) is 2.69. The van der Waals surface area contributed by atoms with Crippen LogP contribution in [-0.2, 0) is 4.79 Å². The van der Waals surface area contributed by atoms with Gasteiger partial charge in [0.2, 0.25) is 0 Å². The molecule has 3 aromatic rings. The Morgan fingerprint density at radius 2 is 1.93 bits per heavy atom. The van der Waals surface area contributed by atoms with E-state index >= 15 is 0 Å². The van der Waals surface area contributed by atoms with Crippen LogP contribution in [0.3, 0.4) is 0 Å². The van der Waals surface area contributed by atoms with Crippen molar-refractivity contribution in [1.29, 1.82) is 0 Å². The van der Waals surface area contributed by atoms with Crippen LogP contribution in [0.4, 0.5) is 18.9 Å². The van der Waals surface area contributed by atoms with E-state index in [9.17, 15) is 18.0 Å². The van der Waals surface area contributed by atoms with E-state index in [4.69, 9.17) is 11.6 Å². The molecule has 29 heavy (non-hydrogen) atoms. The van der Waals surface area contributed by atoms with Crippen molar-refractivity contribution in [2.45, 2.75) is 13.1 Å². The lowest BCUT2D eigenvalue weighted by Gasteiger charge is -2.08. The van der Waals surface area contributed by atoms with Crippen LogP contribution in [0.15, 0.2) is 48.8 Å². The lowest BCUT2D eigenvalue weighted by molar-refractivity contribution is -0.167. The van der Waals surface area contributed by atoms with Crippen LogP contribution < -0.4 is 5.32 Å². The summed E-state index contributed by atoms with van der Waals surface area (Å²) in [6.07, 6.45) is 1.62. The third-order valence-corrected chi connectivity index (χ3v) is 4.25. The van der Waals surface area contributed by atoms with Gasteiger partial charge in [-0.25, -0.2) is 9.97 Å². The fourth-order valence-electron chi connectivity index (χ4n) is 2.39. The molecule has 0 unspecified atom stereocenters. The quantitative estimate of drug-likeness (QED) is 0.593. The Labute approximate surface area is 169 Å². The summed E-state index contributed by atoms with van der Waals surface area (Å²) in [4.78, 5) is 23.9. The summed E-state index contributed by atoms with van der Waals surface area (Å²) >= 11 is 6.22. The fraction of sp³-hybridized carbons (Fsp3) is 0.100. The first-order valence-electron chi connectivity index (χ1n) is 8.35. The number of nitrogens with one attached hydrogen (secondary N) is 1. The van der Waals surface area contributed by atoms with Crippen molar-refractivity contribution in [3.05, 3.63) is 70.8 Å². The number of carbonyl (C=O) groups is 1. The van der Waals surface area contributed by atoms with Gasteiger partial charge in [0.05, 0.1) is 5.69 Å². The highest BCUT2D eigenvalue weighted by Crippen LogP contribution is 2.24. The van der Waals surface area contributed by atoms with Gasteiger partial charge in [-0.2, -0.15) is 13.2 Å². The van der Waals surface area contributed by atoms with Crippen molar-refractivity contribution in [3.63, 3.8) is 0 Å². The van der Waals surface area contributed by atoms with Crippen molar-refractivity contribution in [3.8, 4) is 11.4 Å². The minimum absolute atomic E-state index is 0.0305. The molecular formula is C20H14ClF3N4O. The van der Waals surface area contributed by atoms with E-state index in [1.807, 2.05) is 5.32 Å². The zero-order valence-electron chi connectivity index (χ0n) is 15.0. The maximum absolute atomic E-state index is 12.4. The smallest absolute Gasteiger partial charge is 0.318 e. The largest absolute Gasteiger partial charge is 0.471 e. The third-order valence-electron chi connectivity index (χ3n) is 3.88. The normalized spacial score (nSPS) is 11.6. The molecule has 1 N–H and O–H groups in total. The Hall–Kier alpha value is -3.26. The molecule has 3 rings (SSSR count). The Bertz CT molecular complexity index is 1070. The number of pyridine rings is 1. The lowest BCUT2D eigenvalue weighted by Crippen LogP contribution is -2.29. The number of anilines is 1. The number of alkyl halides is 3. The summed E-state index contributed by atoms with van der Waals surface area (Å²) in [5, 5.41) is 2.10. The van der Waals surface area contributed by atoms with Gasteiger partial charge in [0.1, 0.15) is 5.15 Å². The molecular weight excluding hydrogens is 405 g/mol. The molecule has 0 aliphatic carbocycles. The monoisotopic (exact) mass is 418 g/mol. The number of amides is 1. The lowest BCUT2D eigenvalue weighted by atomic mass is 10.1. The molecule has 0 bridgehead atoms. The van der Waals surface area contributed by atoms with Gasteiger partial charge in [0.15, 0.2) is 5.82 Å². The second-order valence-electron chi connectivity index (χ2n) is 6.00. The van der Waals surface area contributed by atoms with Crippen LogP contribution in [0.5, 0.6) is 0 Å². The van der Waals surface area contributed by atoms with Gasteiger partial charge < -0.3 is 5.32 Å². The highest BCUT2D eigenvalue weighted by Gasteiger charge is 2.38. The Morgan fingerprint density at radius 1 is 1.14 bits per heavy atom. The molecule has 5 nitrogen and oxygen atoms in total. The standard InChI is InChI=1S/C20H14ClF3N4O/c1-12-16(27-18(28-17(12)21)14-5-3-9-25-11-14)8-7-13-4-2-6-15(10-13)26-19(29)20(22,23)24/h2-11H,1H3,(H,26,29)/b8-7+. The summed E-state index contributed by atoms with van der Waals surface area (Å²) in [7, 11) is 0. The van der Waals surface area contributed by atoms with Crippen LogP contribution in [0.1, 0.15) is 16.8 Å². The van der Waals surface area contributed by atoms with E-state index in [-0.39, 0.29) is 10.8 Å². The highest BCUT2D eigenvalue weighted by molar-refractivity contribution is 6.30. The van der Waals surface area contributed by atoms with Gasteiger partial charge in [-0.3, -0.25) is 9.78 Å². The van der Waals surface area contributed by atoms with E-state index in [1.165, 1.54) is 18.2 Å². The summed E-state index contributed by atoms with van der Waals surface area (Å²) in [6.45, 7) is 1.76. The van der Waals surface area contributed by atoms with Crippen LogP contribution in [-0.4, -0.2) is 27.0 Å². The molecule has 0 fully saturated rings. The van der Waals surface area contributed by atoms with Crippen molar-refractivity contribution < 1.29 is 18.0 Å². The molecule has 0 aliphatic rings. The zero-order valence-corrected chi connectivity index (χ0v) is 15.8. The predicted molar refractivity (Wildman–Crippen MR) is 105 cm³/mol. The summed E-state index contributed by atoms with van der Waals surface area (Å²) < 4.78 is 37.2. The van der Waals surface area contributed by atoms with Crippen molar-refractivity contribution >= 4 is 35.3 Å². The van der Waals surface area contributed by atoms with Crippen molar-refractivity contribution in [2.24, 2.45) is 0 Å². The van der Waals surface area contributed by atoms with Gasteiger partial charge in [0, 0.05) is 29.2 Å². The second kappa shape index (κ2) is 8.40. The number of nitrogens with zero attached hydrogens (tertiary/aromatic N) is 3. The summed E-state index contributed by atoms with van der Waals surface area (Å²) in [6, 6.07) is 9.55. The van der Waals surface area contributed by atoms with Gasteiger partial charge in [-0.1, -0.05) is 29.8 Å². The first-order valence-corrected chi connectivity index (χ1v) is 8.72. The third kappa shape index (κ3) is 5.17. The van der Waals surface area contributed by atoms with Crippen molar-refractivity contribution in [1.82, 2.24) is 15.0 Å². The Balaban J connectivity index is 1.87. The number of hydrogen-bond donors (Lipinski definition) is 1. The Kier molecular flexibility index (Phi) is 5.93. The summed E-state index contributed by atoms with van der Waals surface area (Å²) in [5.41, 5.74) is 2.50. The van der Waals surface area contributed by atoms with Gasteiger partial charge in [0.25, 0.3) is 0 Å². The van der Waals surface area contributed by atoms with Crippen LogP contribution in [0.25, 0.3) is 23.5 Å². The number of benzene rings is 1. The van der Waals surface area contributed by atoms with Gasteiger partial charge in [-0.05, 0) is 42.8 Å². The van der Waals surface area contributed by atoms with E-state index in [2.05, 4.69) is 15.0 Å². The molecule has 2 heterocycles. The zero-order chi connectivity index (χ0) is 21.0. The first kappa shape index (κ1) is 20.5. The Morgan fingerprint density at radius 3 is 2.62 bits per heavy atom. The molecule has 0 spiro atoms.